The van der Waals surface area contributed by atoms with Crippen LogP contribution in [0.3, 0.4) is 0 Å². The molecule has 2 fully saturated rings. The molecule has 0 saturated carbocycles. The van der Waals surface area contributed by atoms with Crippen LogP contribution in [0, 0.1) is 13.8 Å². The van der Waals surface area contributed by atoms with Crippen LogP contribution in [-0.4, -0.2) is 104 Å². The van der Waals surface area contributed by atoms with Crippen LogP contribution in [0.4, 0.5) is 0 Å². The van der Waals surface area contributed by atoms with Crippen LogP contribution in [0.2, 0.25) is 0 Å². The standard InChI is InChI=1S/C21H36N6O3/c1-5-22-21(23-14-16(2)20-17(3)24-30-18(20)4)27-8-6-25(7-9-27)15-19(28)26-10-12-29-13-11-26/h16H,5-15H2,1-4H3,(H,22,23). The van der Waals surface area contributed by atoms with Crippen LogP contribution in [0.5, 0.6) is 0 Å². The number of guanidine groups is 1. The zero-order valence-electron chi connectivity index (χ0n) is 18.8. The van der Waals surface area contributed by atoms with Crippen molar-refractivity contribution in [1.29, 1.82) is 0 Å². The van der Waals surface area contributed by atoms with Crippen molar-refractivity contribution < 1.29 is 14.1 Å². The average molecular weight is 421 g/mol. The lowest BCUT2D eigenvalue weighted by Crippen LogP contribution is -2.55. The molecule has 30 heavy (non-hydrogen) atoms. The lowest BCUT2D eigenvalue weighted by atomic mass is 10.00. The number of ether oxygens (including phenoxy) is 1. The summed E-state index contributed by atoms with van der Waals surface area (Å²) in [6.07, 6.45) is 0. The number of aliphatic imine (C=N–C) groups is 1. The maximum absolute atomic E-state index is 12.5. The van der Waals surface area contributed by atoms with Crippen molar-refractivity contribution in [3.05, 3.63) is 17.0 Å². The van der Waals surface area contributed by atoms with Crippen LogP contribution >= 0.6 is 0 Å². The van der Waals surface area contributed by atoms with E-state index in [4.69, 9.17) is 14.3 Å². The van der Waals surface area contributed by atoms with Gasteiger partial charge in [-0.1, -0.05) is 12.1 Å². The van der Waals surface area contributed by atoms with E-state index < -0.39 is 0 Å². The van der Waals surface area contributed by atoms with Crippen molar-refractivity contribution in [2.24, 2.45) is 4.99 Å². The summed E-state index contributed by atoms with van der Waals surface area (Å²) in [5.74, 6) is 2.27. The highest BCUT2D eigenvalue weighted by Gasteiger charge is 2.24. The maximum atomic E-state index is 12.5. The zero-order chi connectivity index (χ0) is 21.5. The van der Waals surface area contributed by atoms with Crippen molar-refractivity contribution >= 4 is 11.9 Å². The van der Waals surface area contributed by atoms with Gasteiger partial charge in [0.1, 0.15) is 5.76 Å². The fourth-order valence-electron chi connectivity index (χ4n) is 4.16. The van der Waals surface area contributed by atoms with Crippen molar-refractivity contribution in [3.63, 3.8) is 0 Å². The zero-order valence-corrected chi connectivity index (χ0v) is 18.8. The minimum Gasteiger partial charge on any atom is -0.378 e. The quantitative estimate of drug-likeness (QED) is 0.539. The van der Waals surface area contributed by atoms with Crippen molar-refractivity contribution in [2.45, 2.75) is 33.6 Å². The topological polar surface area (TPSA) is 86.4 Å². The number of hydrogen-bond acceptors (Lipinski definition) is 6. The van der Waals surface area contributed by atoms with Gasteiger partial charge in [0.25, 0.3) is 0 Å². The summed E-state index contributed by atoms with van der Waals surface area (Å²) in [5.41, 5.74) is 2.10. The van der Waals surface area contributed by atoms with E-state index in [1.807, 2.05) is 18.7 Å². The Hall–Kier alpha value is -2.13. The summed E-state index contributed by atoms with van der Waals surface area (Å²) >= 11 is 0. The van der Waals surface area contributed by atoms with Crippen molar-refractivity contribution in [1.82, 2.24) is 25.2 Å². The molecule has 0 bridgehead atoms. The first-order valence-electron chi connectivity index (χ1n) is 11.0. The van der Waals surface area contributed by atoms with Gasteiger partial charge in [-0.05, 0) is 20.8 Å². The van der Waals surface area contributed by atoms with Gasteiger partial charge >= 0.3 is 0 Å². The van der Waals surface area contributed by atoms with Crippen LogP contribution in [0.15, 0.2) is 9.52 Å². The van der Waals surface area contributed by atoms with Crippen LogP contribution in [0.1, 0.15) is 36.8 Å². The minimum atomic E-state index is 0.209. The van der Waals surface area contributed by atoms with E-state index in [0.717, 1.165) is 55.7 Å². The van der Waals surface area contributed by atoms with E-state index in [2.05, 4.69) is 34.1 Å². The molecule has 1 atom stereocenters. The molecule has 3 heterocycles. The number of carbonyl (C=O) groups excluding carboxylic acids is 1. The fraction of sp³-hybridized carbons (Fsp3) is 0.762. The molecule has 1 aromatic heterocycles. The Kier molecular flexibility index (Phi) is 8.09. The molecule has 0 aromatic carbocycles. The van der Waals surface area contributed by atoms with Crippen molar-refractivity contribution in [2.75, 3.05) is 72.1 Å². The van der Waals surface area contributed by atoms with Gasteiger partial charge in [-0.3, -0.25) is 14.7 Å². The second-order valence-electron chi connectivity index (χ2n) is 8.09. The summed E-state index contributed by atoms with van der Waals surface area (Å²) in [7, 11) is 0. The number of nitrogens with one attached hydrogen (secondary N) is 1. The van der Waals surface area contributed by atoms with E-state index >= 15 is 0 Å². The van der Waals surface area contributed by atoms with Crippen molar-refractivity contribution in [3.8, 4) is 0 Å². The summed E-state index contributed by atoms with van der Waals surface area (Å²) in [4.78, 5) is 23.8. The Morgan fingerprint density at radius 3 is 2.43 bits per heavy atom. The highest BCUT2D eigenvalue weighted by Crippen LogP contribution is 2.23. The SMILES string of the molecule is CCNC(=NCC(C)c1c(C)noc1C)N1CCN(CC(=O)N2CCOCC2)CC1. The second kappa shape index (κ2) is 10.8. The largest absolute Gasteiger partial charge is 0.378 e. The molecule has 168 valence electrons. The van der Waals surface area contributed by atoms with E-state index in [1.54, 1.807) is 0 Å². The third-order valence-electron chi connectivity index (χ3n) is 5.83. The average Bonchev–Trinajstić information content (AvgIpc) is 3.10. The molecule has 3 rings (SSSR count). The molecular formula is C21H36N6O3. The minimum absolute atomic E-state index is 0.209. The number of amides is 1. The molecule has 0 radical (unpaired) electrons. The molecule has 9 nitrogen and oxygen atoms in total. The lowest BCUT2D eigenvalue weighted by molar-refractivity contribution is -0.136. The summed E-state index contributed by atoms with van der Waals surface area (Å²) in [6.45, 7) is 16.3. The number of piperazine rings is 1. The van der Waals surface area contributed by atoms with Crippen LogP contribution in [-0.2, 0) is 9.53 Å². The predicted octanol–water partition coefficient (Wildman–Crippen LogP) is 0.837. The number of aromatic nitrogens is 1. The molecular weight excluding hydrogens is 384 g/mol. The molecule has 2 saturated heterocycles. The molecule has 0 spiro atoms. The number of morpholine rings is 1. The summed E-state index contributed by atoms with van der Waals surface area (Å²) < 4.78 is 10.6. The van der Waals surface area contributed by atoms with Gasteiger partial charge in [-0.2, -0.15) is 0 Å². The summed E-state index contributed by atoms with van der Waals surface area (Å²) in [5, 5.41) is 7.48. The Labute approximate surface area is 179 Å². The lowest BCUT2D eigenvalue weighted by Gasteiger charge is -2.37. The molecule has 1 N–H and O–H groups in total. The van der Waals surface area contributed by atoms with Crippen LogP contribution in [0.25, 0.3) is 0 Å². The van der Waals surface area contributed by atoms with Gasteiger partial charge in [0.2, 0.25) is 5.91 Å². The smallest absolute Gasteiger partial charge is 0.236 e. The highest BCUT2D eigenvalue weighted by molar-refractivity contribution is 5.80. The number of nitrogens with zero attached hydrogens (tertiary/aromatic N) is 5. The Morgan fingerprint density at radius 2 is 1.83 bits per heavy atom. The molecule has 0 aliphatic carbocycles. The highest BCUT2D eigenvalue weighted by atomic mass is 16.5. The Morgan fingerprint density at radius 1 is 1.13 bits per heavy atom. The number of rotatable bonds is 6. The molecule has 1 amide bonds. The predicted molar refractivity (Wildman–Crippen MR) is 116 cm³/mol. The number of carbonyl (C=O) groups is 1. The first kappa shape index (κ1) is 22.6. The third-order valence-corrected chi connectivity index (χ3v) is 5.83. The van der Waals surface area contributed by atoms with Gasteiger partial charge in [-0.25, -0.2) is 0 Å². The number of hydrogen-bond donors (Lipinski definition) is 1. The third kappa shape index (κ3) is 5.72. The monoisotopic (exact) mass is 420 g/mol. The van der Waals surface area contributed by atoms with Crippen LogP contribution < -0.4 is 5.32 Å². The Balaban J connectivity index is 1.52. The molecule has 1 aromatic rings. The van der Waals surface area contributed by atoms with E-state index in [1.165, 1.54) is 0 Å². The van der Waals surface area contributed by atoms with Gasteiger partial charge in [0, 0.05) is 63.8 Å². The molecule has 2 aliphatic rings. The first-order chi connectivity index (χ1) is 14.5. The van der Waals surface area contributed by atoms with E-state index in [9.17, 15) is 4.79 Å². The van der Waals surface area contributed by atoms with Gasteiger partial charge < -0.3 is 24.4 Å². The van der Waals surface area contributed by atoms with Gasteiger partial charge in [0.05, 0.1) is 25.5 Å². The normalized spacial score (nSPS) is 19.8. The molecule has 2 aliphatic heterocycles. The van der Waals surface area contributed by atoms with E-state index in [-0.39, 0.29) is 11.8 Å². The van der Waals surface area contributed by atoms with Gasteiger partial charge in [-0.15, -0.1) is 0 Å². The molecule has 9 heteroatoms. The van der Waals surface area contributed by atoms with E-state index in [0.29, 0.717) is 39.4 Å². The fourth-order valence-corrected chi connectivity index (χ4v) is 4.16. The number of aryl methyl sites for hydroxylation is 2. The Bertz CT molecular complexity index is 701. The first-order valence-corrected chi connectivity index (χ1v) is 11.0. The second-order valence-corrected chi connectivity index (χ2v) is 8.09. The maximum Gasteiger partial charge on any atom is 0.236 e. The summed E-state index contributed by atoms with van der Waals surface area (Å²) in [6, 6.07) is 0. The molecule has 1 unspecified atom stereocenters. The van der Waals surface area contributed by atoms with Gasteiger partial charge in [0.15, 0.2) is 5.96 Å².